The Labute approximate surface area is 65.0 Å². The molecule has 0 atom stereocenters. The van der Waals surface area contributed by atoms with Crippen molar-refractivity contribution in [3.8, 4) is 0 Å². The molecular weight excluding hydrogens is 213 g/mol. The minimum absolute atomic E-state index is 0.227. The van der Waals surface area contributed by atoms with Gasteiger partial charge >= 0.3 is 6.18 Å². The van der Waals surface area contributed by atoms with E-state index in [0.717, 1.165) is 0 Å². The SMILES string of the molecule is CCO/C=C(/Br)C(F)(F)F. The Hall–Kier alpha value is -0.190. The number of hydrogen-bond donors (Lipinski definition) is 0. The van der Waals surface area contributed by atoms with E-state index < -0.39 is 10.7 Å². The zero-order chi connectivity index (χ0) is 8.20. The molecular formula is C5H6BrF3O. The first-order valence-corrected chi connectivity index (χ1v) is 3.32. The molecule has 1 nitrogen and oxygen atoms in total. The van der Waals surface area contributed by atoms with Gasteiger partial charge in [0.25, 0.3) is 0 Å². The van der Waals surface area contributed by atoms with Crippen LogP contribution in [0.15, 0.2) is 10.7 Å². The molecule has 0 heterocycles. The smallest absolute Gasteiger partial charge is 0.425 e. The second kappa shape index (κ2) is 3.85. The third kappa shape index (κ3) is 3.76. The van der Waals surface area contributed by atoms with Crippen LogP contribution < -0.4 is 0 Å². The maximum Gasteiger partial charge on any atom is 0.425 e. The topological polar surface area (TPSA) is 9.23 Å². The number of rotatable bonds is 2. The average Bonchev–Trinajstić information content (AvgIpc) is 1.80. The van der Waals surface area contributed by atoms with Crippen molar-refractivity contribution in [3.05, 3.63) is 10.7 Å². The Morgan fingerprint density at radius 3 is 2.40 bits per heavy atom. The first-order valence-electron chi connectivity index (χ1n) is 2.53. The van der Waals surface area contributed by atoms with Gasteiger partial charge in [0.1, 0.15) is 10.7 Å². The van der Waals surface area contributed by atoms with Crippen LogP contribution in [0.5, 0.6) is 0 Å². The minimum Gasteiger partial charge on any atom is -0.500 e. The molecule has 0 bridgehead atoms. The molecule has 0 saturated heterocycles. The lowest BCUT2D eigenvalue weighted by Crippen LogP contribution is -2.06. The summed E-state index contributed by atoms with van der Waals surface area (Å²) in [6.45, 7) is 1.83. The van der Waals surface area contributed by atoms with E-state index in [1.807, 2.05) is 0 Å². The fourth-order valence-corrected chi connectivity index (χ4v) is 0.355. The molecule has 0 aliphatic heterocycles. The summed E-state index contributed by atoms with van der Waals surface area (Å²) in [5.74, 6) is 0. The fraction of sp³-hybridized carbons (Fsp3) is 0.600. The van der Waals surface area contributed by atoms with Crippen LogP contribution in [0.1, 0.15) is 6.92 Å². The van der Waals surface area contributed by atoms with Crippen molar-refractivity contribution in [1.82, 2.24) is 0 Å². The summed E-state index contributed by atoms with van der Waals surface area (Å²) in [5.41, 5.74) is 0. The second-order valence-corrected chi connectivity index (χ2v) is 2.27. The Morgan fingerprint density at radius 2 is 2.10 bits per heavy atom. The summed E-state index contributed by atoms with van der Waals surface area (Å²) in [6.07, 6.45) is -3.70. The molecule has 0 spiro atoms. The highest BCUT2D eigenvalue weighted by molar-refractivity contribution is 9.11. The quantitative estimate of drug-likeness (QED) is 0.648. The van der Waals surface area contributed by atoms with E-state index in [1.54, 1.807) is 6.92 Å². The molecule has 0 rings (SSSR count). The van der Waals surface area contributed by atoms with Crippen molar-refractivity contribution in [2.24, 2.45) is 0 Å². The van der Waals surface area contributed by atoms with Gasteiger partial charge < -0.3 is 4.74 Å². The van der Waals surface area contributed by atoms with Crippen LogP contribution in [0.2, 0.25) is 0 Å². The van der Waals surface area contributed by atoms with Crippen molar-refractivity contribution >= 4 is 15.9 Å². The fourth-order valence-electron chi connectivity index (χ4n) is 0.223. The lowest BCUT2D eigenvalue weighted by atomic mass is 10.6. The summed E-state index contributed by atoms with van der Waals surface area (Å²) in [7, 11) is 0. The Morgan fingerprint density at radius 1 is 1.60 bits per heavy atom. The van der Waals surface area contributed by atoms with E-state index >= 15 is 0 Å². The molecule has 60 valence electrons. The van der Waals surface area contributed by atoms with E-state index in [4.69, 9.17) is 0 Å². The number of hydrogen-bond acceptors (Lipinski definition) is 1. The van der Waals surface area contributed by atoms with E-state index in [1.165, 1.54) is 0 Å². The molecule has 0 saturated carbocycles. The zero-order valence-electron chi connectivity index (χ0n) is 5.20. The number of ether oxygens (including phenoxy) is 1. The maximum absolute atomic E-state index is 11.6. The van der Waals surface area contributed by atoms with Crippen molar-refractivity contribution < 1.29 is 17.9 Å². The normalized spacial score (nSPS) is 13.5. The summed E-state index contributed by atoms with van der Waals surface area (Å²) in [5, 5.41) is 0. The van der Waals surface area contributed by atoms with Gasteiger partial charge in [-0.1, -0.05) is 0 Å². The van der Waals surface area contributed by atoms with Crippen LogP contribution in [0.25, 0.3) is 0 Å². The van der Waals surface area contributed by atoms with E-state index in [9.17, 15) is 13.2 Å². The predicted molar refractivity (Wildman–Crippen MR) is 34.7 cm³/mol. The maximum atomic E-state index is 11.6. The molecule has 0 amide bonds. The lowest BCUT2D eigenvalue weighted by Gasteiger charge is -2.03. The molecule has 5 heteroatoms. The molecule has 0 aliphatic rings. The van der Waals surface area contributed by atoms with Crippen LogP contribution in [-0.4, -0.2) is 12.8 Å². The van der Waals surface area contributed by atoms with Gasteiger partial charge in [0.05, 0.1) is 6.61 Å². The molecule has 10 heavy (non-hydrogen) atoms. The van der Waals surface area contributed by atoms with Crippen LogP contribution in [0, 0.1) is 0 Å². The standard InChI is InChI=1S/C5H6BrF3O/c1-2-10-3-4(6)5(7,8)9/h3H,2H2,1H3/b4-3+. The Bertz CT molecular complexity index is 129. The first-order chi connectivity index (χ1) is 4.48. The molecule has 0 radical (unpaired) electrons. The zero-order valence-corrected chi connectivity index (χ0v) is 6.79. The van der Waals surface area contributed by atoms with Gasteiger partial charge in [-0.2, -0.15) is 13.2 Å². The third-order valence-electron chi connectivity index (χ3n) is 0.624. The van der Waals surface area contributed by atoms with Crippen molar-refractivity contribution in [2.45, 2.75) is 13.1 Å². The van der Waals surface area contributed by atoms with Gasteiger partial charge in [0, 0.05) is 0 Å². The van der Waals surface area contributed by atoms with Gasteiger partial charge in [-0.05, 0) is 22.9 Å². The molecule has 0 aliphatic carbocycles. The highest BCUT2D eigenvalue weighted by Crippen LogP contribution is 2.29. The average molecular weight is 219 g/mol. The summed E-state index contributed by atoms with van der Waals surface area (Å²) >= 11 is 2.31. The number of halogens is 4. The minimum atomic E-state index is -4.34. The van der Waals surface area contributed by atoms with Crippen molar-refractivity contribution in [2.75, 3.05) is 6.61 Å². The number of alkyl halides is 3. The highest BCUT2D eigenvalue weighted by Gasteiger charge is 2.32. The Kier molecular flexibility index (Phi) is 3.78. The largest absolute Gasteiger partial charge is 0.500 e. The predicted octanol–water partition coefficient (Wildman–Crippen LogP) is 2.82. The van der Waals surface area contributed by atoms with Crippen LogP contribution in [0.3, 0.4) is 0 Å². The summed E-state index contributed by atoms with van der Waals surface area (Å²) < 4.78 is 38.2. The van der Waals surface area contributed by atoms with Gasteiger partial charge in [0.2, 0.25) is 0 Å². The molecule has 0 N–H and O–H groups in total. The molecule has 0 aromatic rings. The lowest BCUT2D eigenvalue weighted by molar-refractivity contribution is -0.0847. The van der Waals surface area contributed by atoms with E-state index in [2.05, 4.69) is 20.7 Å². The molecule has 0 aromatic heterocycles. The van der Waals surface area contributed by atoms with Crippen molar-refractivity contribution in [3.63, 3.8) is 0 Å². The van der Waals surface area contributed by atoms with Crippen LogP contribution in [-0.2, 0) is 4.74 Å². The molecule has 0 aromatic carbocycles. The highest BCUT2D eigenvalue weighted by atomic mass is 79.9. The number of allylic oxidation sites excluding steroid dienone is 1. The second-order valence-electron chi connectivity index (χ2n) is 1.42. The van der Waals surface area contributed by atoms with Gasteiger partial charge in [0.15, 0.2) is 0 Å². The summed E-state index contributed by atoms with van der Waals surface area (Å²) in [4.78, 5) is 0. The Balaban J connectivity index is 3.93. The van der Waals surface area contributed by atoms with Gasteiger partial charge in [-0.15, -0.1) is 0 Å². The molecule has 0 unspecified atom stereocenters. The van der Waals surface area contributed by atoms with Crippen molar-refractivity contribution in [1.29, 1.82) is 0 Å². The van der Waals surface area contributed by atoms with Gasteiger partial charge in [-0.25, -0.2) is 0 Å². The first kappa shape index (κ1) is 9.81. The molecule has 0 fully saturated rings. The third-order valence-corrected chi connectivity index (χ3v) is 1.26. The van der Waals surface area contributed by atoms with E-state index in [0.29, 0.717) is 6.26 Å². The summed E-state index contributed by atoms with van der Waals surface area (Å²) in [6, 6.07) is 0. The van der Waals surface area contributed by atoms with E-state index in [-0.39, 0.29) is 6.61 Å². The van der Waals surface area contributed by atoms with Crippen LogP contribution >= 0.6 is 15.9 Å². The van der Waals surface area contributed by atoms with Crippen LogP contribution in [0.4, 0.5) is 13.2 Å². The van der Waals surface area contributed by atoms with Gasteiger partial charge in [-0.3, -0.25) is 0 Å². The monoisotopic (exact) mass is 218 g/mol.